The summed E-state index contributed by atoms with van der Waals surface area (Å²) in [5.74, 6) is -0.986. The molecule has 1 atom stereocenters. The van der Waals surface area contributed by atoms with Crippen molar-refractivity contribution in [3.8, 4) is 0 Å². The molecule has 19 heavy (non-hydrogen) atoms. The minimum atomic E-state index is -0.904. The van der Waals surface area contributed by atoms with E-state index in [1.807, 2.05) is 12.1 Å². The number of likely N-dealkylation sites (tertiary alicyclic amines) is 1. The van der Waals surface area contributed by atoms with E-state index in [2.05, 4.69) is 0 Å². The number of benzene rings is 1. The first-order valence-corrected chi connectivity index (χ1v) is 6.44. The van der Waals surface area contributed by atoms with Crippen LogP contribution in [0.25, 0.3) is 0 Å². The van der Waals surface area contributed by atoms with Crippen LogP contribution in [0.4, 0.5) is 5.69 Å². The molecular weight excluding hydrogens is 244 g/mol. The van der Waals surface area contributed by atoms with Crippen LogP contribution in [-0.4, -0.2) is 34.5 Å². The summed E-state index contributed by atoms with van der Waals surface area (Å²) >= 11 is 0. The molecule has 0 aliphatic carbocycles. The zero-order chi connectivity index (χ0) is 13.8. The van der Waals surface area contributed by atoms with Gasteiger partial charge in [0.15, 0.2) is 0 Å². The van der Waals surface area contributed by atoms with Gasteiger partial charge in [0.1, 0.15) is 6.04 Å². The van der Waals surface area contributed by atoms with Crippen LogP contribution >= 0.6 is 0 Å². The highest BCUT2D eigenvalue weighted by molar-refractivity contribution is 5.84. The molecule has 0 aromatic heterocycles. The predicted octanol–water partition coefficient (Wildman–Crippen LogP) is 1.28. The Labute approximate surface area is 112 Å². The second-order valence-electron chi connectivity index (χ2n) is 4.82. The molecule has 5 nitrogen and oxygen atoms in total. The molecule has 1 aliphatic heterocycles. The van der Waals surface area contributed by atoms with Gasteiger partial charge in [-0.25, -0.2) is 4.79 Å². The number of anilines is 1. The SMILES string of the molecule is Nc1ccc(CCC(=O)N2CCC[C@@H]2C(=O)O)cc1. The fourth-order valence-electron chi connectivity index (χ4n) is 2.40. The number of nitrogens with zero attached hydrogens (tertiary/aromatic N) is 1. The van der Waals surface area contributed by atoms with Gasteiger partial charge in [0, 0.05) is 18.7 Å². The number of carboxylic acids is 1. The van der Waals surface area contributed by atoms with Crippen LogP contribution in [-0.2, 0) is 16.0 Å². The van der Waals surface area contributed by atoms with Gasteiger partial charge in [-0.3, -0.25) is 4.79 Å². The third kappa shape index (κ3) is 3.24. The lowest BCUT2D eigenvalue weighted by Crippen LogP contribution is -2.40. The van der Waals surface area contributed by atoms with Gasteiger partial charge in [0.05, 0.1) is 0 Å². The maximum atomic E-state index is 12.0. The highest BCUT2D eigenvalue weighted by Gasteiger charge is 2.33. The summed E-state index contributed by atoms with van der Waals surface area (Å²) < 4.78 is 0. The Bertz CT molecular complexity index is 470. The maximum Gasteiger partial charge on any atom is 0.326 e. The Kier molecular flexibility index (Phi) is 4.04. The number of carbonyl (C=O) groups excluding carboxylic acids is 1. The van der Waals surface area contributed by atoms with E-state index in [4.69, 9.17) is 10.8 Å². The highest BCUT2D eigenvalue weighted by atomic mass is 16.4. The topological polar surface area (TPSA) is 83.6 Å². The number of nitrogens with two attached hydrogens (primary N) is 1. The van der Waals surface area contributed by atoms with E-state index in [0.717, 1.165) is 12.0 Å². The summed E-state index contributed by atoms with van der Waals surface area (Å²) in [6.07, 6.45) is 2.28. The first kappa shape index (κ1) is 13.4. The van der Waals surface area contributed by atoms with Crippen molar-refractivity contribution in [2.75, 3.05) is 12.3 Å². The number of carboxylic acid groups (broad SMARTS) is 1. The number of aryl methyl sites for hydroxylation is 1. The first-order valence-electron chi connectivity index (χ1n) is 6.44. The fraction of sp³-hybridized carbons (Fsp3) is 0.429. The van der Waals surface area contributed by atoms with E-state index in [-0.39, 0.29) is 5.91 Å². The van der Waals surface area contributed by atoms with Crippen LogP contribution in [0.5, 0.6) is 0 Å². The number of nitrogen functional groups attached to an aromatic ring is 1. The molecule has 0 saturated carbocycles. The van der Waals surface area contributed by atoms with Crippen LogP contribution in [0.15, 0.2) is 24.3 Å². The van der Waals surface area contributed by atoms with Crippen LogP contribution in [0, 0.1) is 0 Å². The molecule has 1 aromatic carbocycles. The van der Waals surface area contributed by atoms with Gasteiger partial charge in [0.2, 0.25) is 5.91 Å². The predicted molar refractivity (Wildman–Crippen MR) is 71.5 cm³/mol. The van der Waals surface area contributed by atoms with Gasteiger partial charge in [0.25, 0.3) is 0 Å². The first-order chi connectivity index (χ1) is 9.08. The lowest BCUT2D eigenvalue weighted by molar-refractivity contribution is -0.148. The number of aliphatic carboxylic acids is 1. The standard InChI is InChI=1S/C14H18N2O3/c15-11-6-3-10(4-7-11)5-8-13(17)16-9-1-2-12(16)14(18)19/h3-4,6-7,12H,1-2,5,8-9,15H2,(H,18,19)/t12-/m1/s1. The van der Waals surface area contributed by atoms with Crippen molar-refractivity contribution in [2.24, 2.45) is 0 Å². The lowest BCUT2D eigenvalue weighted by Gasteiger charge is -2.21. The maximum absolute atomic E-state index is 12.0. The normalized spacial score (nSPS) is 18.5. The molecule has 1 saturated heterocycles. The third-order valence-corrected chi connectivity index (χ3v) is 3.47. The molecule has 0 radical (unpaired) electrons. The molecule has 1 aromatic rings. The van der Waals surface area contributed by atoms with Gasteiger partial charge < -0.3 is 15.7 Å². The molecule has 102 valence electrons. The van der Waals surface area contributed by atoms with Crippen molar-refractivity contribution >= 4 is 17.6 Å². The molecule has 1 aliphatic rings. The Morgan fingerprint density at radius 2 is 2.00 bits per heavy atom. The summed E-state index contributed by atoms with van der Waals surface area (Å²) in [5.41, 5.74) is 7.32. The summed E-state index contributed by atoms with van der Waals surface area (Å²) in [7, 11) is 0. The van der Waals surface area contributed by atoms with E-state index in [1.165, 1.54) is 4.90 Å². The van der Waals surface area contributed by atoms with Gasteiger partial charge in [-0.15, -0.1) is 0 Å². The van der Waals surface area contributed by atoms with Crippen LogP contribution in [0.3, 0.4) is 0 Å². The largest absolute Gasteiger partial charge is 0.480 e. The minimum Gasteiger partial charge on any atom is -0.480 e. The monoisotopic (exact) mass is 262 g/mol. The second kappa shape index (κ2) is 5.73. The van der Waals surface area contributed by atoms with E-state index in [1.54, 1.807) is 12.1 Å². The van der Waals surface area contributed by atoms with Gasteiger partial charge in [-0.1, -0.05) is 12.1 Å². The molecule has 0 bridgehead atoms. The van der Waals surface area contributed by atoms with Crippen molar-refractivity contribution in [3.63, 3.8) is 0 Å². The van der Waals surface area contributed by atoms with Crippen LogP contribution in [0.2, 0.25) is 0 Å². The number of amides is 1. The fourth-order valence-corrected chi connectivity index (χ4v) is 2.40. The highest BCUT2D eigenvalue weighted by Crippen LogP contribution is 2.19. The van der Waals surface area contributed by atoms with Crippen LogP contribution in [0.1, 0.15) is 24.8 Å². The van der Waals surface area contributed by atoms with Crippen molar-refractivity contribution in [3.05, 3.63) is 29.8 Å². The lowest BCUT2D eigenvalue weighted by atomic mass is 10.1. The van der Waals surface area contributed by atoms with Crippen molar-refractivity contribution < 1.29 is 14.7 Å². The summed E-state index contributed by atoms with van der Waals surface area (Å²) in [6, 6.07) is 6.74. The van der Waals surface area contributed by atoms with Gasteiger partial charge in [-0.05, 0) is 37.0 Å². The second-order valence-corrected chi connectivity index (χ2v) is 4.82. The third-order valence-electron chi connectivity index (χ3n) is 3.47. The number of rotatable bonds is 4. The molecular formula is C14H18N2O3. The number of hydrogen-bond donors (Lipinski definition) is 2. The summed E-state index contributed by atoms with van der Waals surface area (Å²) in [6.45, 7) is 0.553. The van der Waals surface area contributed by atoms with E-state index < -0.39 is 12.0 Å². The van der Waals surface area contributed by atoms with Gasteiger partial charge >= 0.3 is 5.97 Å². The Hall–Kier alpha value is -2.04. The minimum absolute atomic E-state index is 0.0817. The zero-order valence-electron chi connectivity index (χ0n) is 10.7. The van der Waals surface area contributed by atoms with E-state index in [0.29, 0.717) is 31.5 Å². The average molecular weight is 262 g/mol. The number of carbonyl (C=O) groups is 2. The molecule has 2 rings (SSSR count). The molecule has 1 amide bonds. The zero-order valence-corrected chi connectivity index (χ0v) is 10.7. The molecule has 0 unspecified atom stereocenters. The van der Waals surface area contributed by atoms with Crippen LogP contribution < -0.4 is 5.73 Å². The smallest absolute Gasteiger partial charge is 0.326 e. The van der Waals surface area contributed by atoms with Gasteiger partial charge in [-0.2, -0.15) is 0 Å². The Morgan fingerprint density at radius 3 is 2.63 bits per heavy atom. The molecule has 1 fully saturated rings. The average Bonchev–Trinajstić information content (AvgIpc) is 2.87. The van der Waals surface area contributed by atoms with Crippen molar-refractivity contribution in [1.82, 2.24) is 4.90 Å². The quantitative estimate of drug-likeness (QED) is 0.800. The number of hydrogen-bond acceptors (Lipinski definition) is 3. The van der Waals surface area contributed by atoms with E-state index in [9.17, 15) is 9.59 Å². The summed E-state index contributed by atoms with van der Waals surface area (Å²) in [5, 5.41) is 9.04. The van der Waals surface area contributed by atoms with E-state index >= 15 is 0 Å². The Balaban J connectivity index is 1.90. The Morgan fingerprint density at radius 1 is 1.32 bits per heavy atom. The summed E-state index contributed by atoms with van der Waals surface area (Å²) in [4.78, 5) is 24.5. The molecule has 1 heterocycles. The molecule has 5 heteroatoms. The van der Waals surface area contributed by atoms with Crippen molar-refractivity contribution in [1.29, 1.82) is 0 Å². The van der Waals surface area contributed by atoms with Crippen molar-refractivity contribution in [2.45, 2.75) is 31.7 Å². The molecule has 3 N–H and O–H groups in total. The molecule has 0 spiro atoms.